The average molecular weight is 136 g/mol. The van der Waals surface area contributed by atoms with Gasteiger partial charge in [-0.05, 0) is 32.9 Å². The lowest BCUT2D eigenvalue weighted by Crippen LogP contribution is -2.14. The molecule has 1 aliphatic rings. The SMILES string of the molecule is CN(C)CC1CC1.Cl. The Kier molecular flexibility index (Phi) is 3.41. The van der Waals surface area contributed by atoms with Crippen LogP contribution >= 0.6 is 12.4 Å². The Morgan fingerprint density at radius 2 is 1.88 bits per heavy atom. The summed E-state index contributed by atoms with van der Waals surface area (Å²) >= 11 is 0. The van der Waals surface area contributed by atoms with Crippen molar-refractivity contribution in [2.24, 2.45) is 5.92 Å². The van der Waals surface area contributed by atoms with Gasteiger partial charge in [0, 0.05) is 6.54 Å². The number of halogens is 1. The number of nitrogens with zero attached hydrogens (tertiary/aromatic N) is 1. The largest absolute Gasteiger partial charge is 0.309 e. The fourth-order valence-electron chi connectivity index (χ4n) is 0.817. The van der Waals surface area contributed by atoms with E-state index in [1.165, 1.54) is 19.4 Å². The van der Waals surface area contributed by atoms with Gasteiger partial charge in [-0.25, -0.2) is 0 Å². The summed E-state index contributed by atoms with van der Waals surface area (Å²) in [6.45, 7) is 1.31. The zero-order valence-corrected chi connectivity index (χ0v) is 6.37. The van der Waals surface area contributed by atoms with Crippen molar-refractivity contribution in [2.45, 2.75) is 12.8 Å². The highest BCUT2D eigenvalue weighted by Gasteiger charge is 2.20. The molecule has 0 aromatic heterocycles. The van der Waals surface area contributed by atoms with Crippen LogP contribution in [0.25, 0.3) is 0 Å². The fourth-order valence-corrected chi connectivity index (χ4v) is 0.817. The Balaban J connectivity index is 0.000000490. The molecular weight excluding hydrogens is 122 g/mol. The van der Waals surface area contributed by atoms with Crippen LogP contribution in [0, 0.1) is 5.92 Å². The summed E-state index contributed by atoms with van der Waals surface area (Å²) in [6.07, 6.45) is 2.94. The van der Waals surface area contributed by atoms with Crippen molar-refractivity contribution >= 4 is 12.4 Å². The van der Waals surface area contributed by atoms with E-state index in [2.05, 4.69) is 19.0 Å². The molecule has 1 rings (SSSR count). The molecule has 0 unspecified atom stereocenters. The maximum Gasteiger partial charge on any atom is 0.000356 e. The Morgan fingerprint density at radius 3 is 2.00 bits per heavy atom. The van der Waals surface area contributed by atoms with Crippen LogP contribution in [0.2, 0.25) is 0 Å². The van der Waals surface area contributed by atoms with Crippen LogP contribution in [-0.2, 0) is 0 Å². The van der Waals surface area contributed by atoms with Gasteiger partial charge in [-0.3, -0.25) is 0 Å². The monoisotopic (exact) mass is 135 g/mol. The summed E-state index contributed by atoms with van der Waals surface area (Å²) in [5.41, 5.74) is 0. The van der Waals surface area contributed by atoms with Crippen LogP contribution in [0.4, 0.5) is 0 Å². The van der Waals surface area contributed by atoms with Gasteiger partial charge < -0.3 is 4.90 Å². The number of hydrogen-bond acceptors (Lipinski definition) is 1. The molecule has 0 radical (unpaired) electrons. The van der Waals surface area contributed by atoms with Crippen molar-refractivity contribution < 1.29 is 0 Å². The summed E-state index contributed by atoms with van der Waals surface area (Å²) in [6, 6.07) is 0. The normalized spacial score (nSPS) is 18.4. The van der Waals surface area contributed by atoms with E-state index in [4.69, 9.17) is 0 Å². The fraction of sp³-hybridized carbons (Fsp3) is 1.00. The molecule has 0 saturated heterocycles. The zero-order chi connectivity index (χ0) is 5.28. The van der Waals surface area contributed by atoms with Crippen LogP contribution in [0.3, 0.4) is 0 Å². The van der Waals surface area contributed by atoms with Crippen LogP contribution in [0.15, 0.2) is 0 Å². The molecule has 1 nitrogen and oxygen atoms in total. The third kappa shape index (κ3) is 3.28. The van der Waals surface area contributed by atoms with E-state index < -0.39 is 0 Å². The second-order valence-electron chi connectivity index (χ2n) is 2.71. The van der Waals surface area contributed by atoms with Crippen molar-refractivity contribution in [2.75, 3.05) is 20.6 Å². The molecule has 0 aliphatic heterocycles. The minimum Gasteiger partial charge on any atom is -0.309 e. The van der Waals surface area contributed by atoms with Crippen LogP contribution in [0.1, 0.15) is 12.8 Å². The van der Waals surface area contributed by atoms with Crippen LogP contribution in [0.5, 0.6) is 0 Å². The summed E-state index contributed by atoms with van der Waals surface area (Å²) < 4.78 is 0. The lowest BCUT2D eigenvalue weighted by atomic mass is 10.4. The summed E-state index contributed by atoms with van der Waals surface area (Å²) in [5, 5.41) is 0. The minimum absolute atomic E-state index is 0. The molecule has 0 aromatic carbocycles. The first-order chi connectivity index (χ1) is 3.29. The second kappa shape index (κ2) is 3.31. The minimum atomic E-state index is 0. The van der Waals surface area contributed by atoms with E-state index in [0.717, 1.165) is 5.92 Å². The quantitative estimate of drug-likeness (QED) is 0.553. The standard InChI is InChI=1S/C6H13N.ClH/c1-7(2)5-6-3-4-6;/h6H,3-5H2,1-2H3;1H. The van der Waals surface area contributed by atoms with Gasteiger partial charge in [-0.2, -0.15) is 0 Å². The Bertz CT molecular complexity index is 59.5. The molecule has 0 aromatic rings. The third-order valence-corrected chi connectivity index (χ3v) is 1.32. The lowest BCUT2D eigenvalue weighted by molar-refractivity contribution is 0.389. The van der Waals surface area contributed by atoms with E-state index in [1.807, 2.05) is 0 Å². The Labute approximate surface area is 57.5 Å². The van der Waals surface area contributed by atoms with Gasteiger partial charge in [0.1, 0.15) is 0 Å². The molecule has 0 spiro atoms. The molecule has 2 heteroatoms. The molecule has 0 bridgehead atoms. The molecule has 0 N–H and O–H groups in total. The molecule has 1 saturated carbocycles. The van der Waals surface area contributed by atoms with Gasteiger partial charge in [0.15, 0.2) is 0 Å². The molecule has 0 heterocycles. The molecule has 50 valence electrons. The summed E-state index contributed by atoms with van der Waals surface area (Å²) in [7, 11) is 4.27. The van der Waals surface area contributed by atoms with Gasteiger partial charge in [0.05, 0.1) is 0 Å². The highest BCUT2D eigenvalue weighted by Crippen LogP contribution is 2.28. The Morgan fingerprint density at radius 1 is 1.38 bits per heavy atom. The van der Waals surface area contributed by atoms with E-state index in [-0.39, 0.29) is 12.4 Å². The molecular formula is C6H14ClN. The number of hydrogen-bond donors (Lipinski definition) is 0. The van der Waals surface area contributed by atoms with Gasteiger partial charge in [0.25, 0.3) is 0 Å². The second-order valence-corrected chi connectivity index (χ2v) is 2.71. The maximum atomic E-state index is 2.26. The van der Waals surface area contributed by atoms with Crippen molar-refractivity contribution in [1.82, 2.24) is 4.90 Å². The number of rotatable bonds is 2. The van der Waals surface area contributed by atoms with E-state index in [9.17, 15) is 0 Å². The molecule has 1 aliphatic carbocycles. The molecule has 0 amide bonds. The zero-order valence-electron chi connectivity index (χ0n) is 5.55. The van der Waals surface area contributed by atoms with E-state index in [0.29, 0.717) is 0 Å². The Hall–Kier alpha value is 0.250. The highest BCUT2D eigenvalue weighted by molar-refractivity contribution is 5.85. The van der Waals surface area contributed by atoms with Crippen molar-refractivity contribution in [3.63, 3.8) is 0 Å². The predicted octanol–water partition coefficient (Wildman–Crippen LogP) is 1.38. The average Bonchev–Trinajstić information content (AvgIpc) is 2.17. The van der Waals surface area contributed by atoms with Gasteiger partial charge in [0.2, 0.25) is 0 Å². The van der Waals surface area contributed by atoms with E-state index >= 15 is 0 Å². The van der Waals surface area contributed by atoms with Crippen molar-refractivity contribution in [3.05, 3.63) is 0 Å². The predicted molar refractivity (Wildman–Crippen MR) is 38.5 cm³/mol. The summed E-state index contributed by atoms with van der Waals surface area (Å²) in [5.74, 6) is 1.05. The summed E-state index contributed by atoms with van der Waals surface area (Å²) in [4.78, 5) is 2.26. The first kappa shape index (κ1) is 8.25. The van der Waals surface area contributed by atoms with Gasteiger partial charge in [-0.1, -0.05) is 0 Å². The first-order valence-corrected chi connectivity index (χ1v) is 2.94. The molecule has 1 fully saturated rings. The van der Waals surface area contributed by atoms with Gasteiger partial charge >= 0.3 is 0 Å². The highest BCUT2D eigenvalue weighted by atomic mass is 35.5. The third-order valence-electron chi connectivity index (χ3n) is 1.32. The first-order valence-electron chi connectivity index (χ1n) is 2.94. The smallest absolute Gasteiger partial charge is 0.000356 e. The van der Waals surface area contributed by atoms with Crippen LogP contribution < -0.4 is 0 Å². The lowest BCUT2D eigenvalue weighted by Gasteiger charge is -2.05. The topological polar surface area (TPSA) is 3.24 Å². The molecule has 8 heavy (non-hydrogen) atoms. The van der Waals surface area contributed by atoms with E-state index in [1.54, 1.807) is 0 Å². The van der Waals surface area contributed by atoms with Crippen molar-refractivity contribution in [1.29, 1.82) is 0 Å². The van der Waals surface area contributed by atoms with Crippen LogP contribution in [-0.4, -0.2) is 25.5 Å². The maximum absolute atomic E-state index is 2.26. The van der Waals surface area contributed by atoms with Gasteiger partial charge in [-0.15, -0.1) is 12.4 Å². The van der Waals surface area contributed by atoms with Crippen molar-refractivity contribution in [3.8, 4) is 0 Å². The molecule has 0 atom stereocenters.